The van der Waals surface area contributed by atoms with Gasteiger partial charge in [0.25, 0.3) is 0 Å². The lowest BCUT2D eigenvalue weighted by molar-refractivity contribution is 0.00142. The van der Waals surface area contributed by atoms with E-state index in [9.17, 15) is 8.42 Å². The third-order valence-electron chi connectivity index (χ3n) is 6.16. The molecule has 13 heteroatoms. The molecule has 5 rings (SSSR count). The van der Waals surface area contributed by atoms with Gasteiger partial charge in [-0.2, -0.15) is 0 Å². The SMILES string of the molecule is CC(C)O[C@@H](c1ncc(Cl)cn1)[C@H](C)S(=O)(=O)Cc1nnc2n1[C@@H](c1cccnc1)COc1cccnc1-2. The van der Waals surface area contributed by atoms with Gasteiger partial charge in [0.1, 0.15) is 35.7 Å². The van der Waals surface area contributed by atoms with E-state index < -0.39 is 33.0 Å². The maximum Gasteiger partial charge on any atom is 0.187 e. The van der Waals surface area contributed by atoms with Crippen molar-refractivity contribution in [2.45, 2.75) is 50.0 Å². The van der Waals surface area contributed by atoms with Crippen LogP contribution in [0.2, 0.25) is 5.02 Å². The van der Waals surface area contributed by atoms with Gasteiger partial charge < -0.3 is 9.47 Å². The molecule has 0 aromatic carbocycles. The number of pyridine rings is 2. The normalized spacial score (nSPS) is 16.7. The molecule has 0 aliphatic carbocycles. The minimum absolute atomic E-state index is 0.218. The Morgan fingerprint density at radius 2 is 1.84 bits per heavy atom. The predicted molar refractivity (Wildman–Crippen MR) is 139 cm³/mol. The number of fused-ring (bicyclic) bond motifs is 3. The molecule has 4 aromatic heterocycles. The Labute approximate surface area is 225 Å². The van der Waals surface area contributed by atoms with E-state index in [0.29, 0.717) is 22.3 Å². The summed E-state index contributed by atoms with van der Waals surface area (Å²) in [5.74, 6) is 1.05. The van der Waals surface area contributed by atoms with Crippen molar-refractivity contribution in [2.75, 3.05) is 6.61 Å². The quantitative estimate of drug-likeness (QED) is 0.317. The van der Waals surface area contributed by atoms with E-state index >= 15 is 0 Å². The van der Waals surface area contributed by atoms with Crippen molar-refractivity contribution in [1.82, 2.24) is 34.7 Å². The molecule has 0 saturated carbocycles. The first-order valence-electron chi connectivity index (χ1n) is 12.0. The third-order valence-corrected chi connectivity index (χ3v) is 8.40. The molecule has 0 saturated heterocycles. The number of sulfone groups is 1. The third kappa shape index (κ3) is 5.24. The van der Waals surface area contributed by atoms with Gasteiger partial charge >= 0.3 is 0 Å². The van der Waals surface area contributed by atoms with Gasteiger partial charge in [0, 0.05) is 31.0 Å². The molecule has 0 fully saturated rings. The summed E-state index contributed by atoms with van der Waals surface area (Å²) in [7, 11) is -3.85. The van der Waals surface area contributed by atoms with Crippen molar-refractivity contribution >= 4 is 21.4 Å². The average Bonchev–Trinajstić information content (AvgIpc) is 3.22. The number of aromatic nitrogens is 7. The molecule has 0 radical (unpaired) electrons. The summed E-state index contributed by atoms with van der Waals surface area (Å²) < 4.78 is 41.5. The highest BCUT2D eigenvalue weighted by atomic mass is 35.5. The molecule has 0 bridgehead atoms. The smallest absolute Gasteiger partial charge is 0.187 e. The predicted octanol–water partition coefficient (Wildman–Crippen LogP) is 3.63. The summed E-state index contributed by atoms with van der Waals surface area (Å²) in [5, 5.41) is 8.01. The number of rotatable bonds is 8. The Bertz CT molecular complexity index is 1510. The van der Waals surface area contributed by atoms with Crippen LogP contribution >= 0.6 is 11.6 Å². The average molecular weight is 556 g/mol. The number of halogens is 1. The van der Waals surface area contributed by atoms with E-state index in [1.165, 1.54) is 12.4 Å². The topological polar surface area (TPSA) is 135 Å². The molecule has 1 aliphatic rings. The fourth-order valence-electron chi connectivity index (χ4n) is 4.29. The lowest BCUT2D eigenvalue weighted by atomic mass is 10.1. The lowest BCUT2D eigenvalue weighted by Gasteiger charge is -2.25. The van der Waals surface area contributed by atoms with E-state index in [4.69, 9.17) is 21.1 Å². The first-order chi connectivity index (χ1) is 18.2. The Hall–Kier alpha value is -3.48. The highest BCUT2D eigenvalue weighted by Gasteiger charge is 2.37. The fourth-order valence-corrected chi connectivity index (χ4v) is 5.77. The lowest BCUT2D eigenvalue weighted by Crippen LogP contribution is -2.32. The van der Waals surface area contributed by atoms with Crippen LogP contribution in [-0.2, 0) is 20.3 Å². The van der Waals surface area contributed by atoms with Crippen LogP contribution in [0.15, 0.2) is 55.2 Å². The second-order valence-corrected chi connectivity index (χ2v) is 11.9. The van der Waals surface area contributed by atoms with Crippen molar-refractivity contribution in [3.63, 3.8) is 0 Å². The zero-order chi connectivity index (χ0) is 26.9. The molecule has 5 heterocycles. The van der Waals surface area contributed by atoms with E-state index in [-0.39, 0.29) is 24.4 Å². The van der Waals surface area contributed by atoms with Crippen molar-refractivity contribution in [3.8, 4) is 17.3 Å². The maximum atomic E-state index is 13.8. The maximum absolute atomic E-state index is 13.8. The first kappa shape index (κ1) is 26.1. The zero-order valence-electron chi connectivity index (χ0n) is 21.0. The molecule has 0 unspecified atom stereocenters. The Kier molecular flexibility index (Phi) is 7.37. The van der Waals surface area contributed by atoms with E-state index in [0.717, 1.165) is 5.56 Å². The molecule has 4 aromatic rings. The summed E-state index contributed by atoms with van der Waals surface area (Å²) in [4.78, 5) is 17.1. The summed E-state index contributed by atoms with van der Waals surface area (Å²) in [5.41, 5.74) is 1.31. The summed E-state index contributed by atoms with van der Waals surface area (Å²) >= 11 is 5.95. The summed E-state index contributed by atoms with van der Waals surface area (Å²) in [6.07, 6.45) is 6.67. The molecule has 1 aliphatic heterocycles. The van der Waals surface area contributed by atoms with Gasteiger partial charge in [-0.1, -0.05) is 17.7 Å². The van der Waals surface area contributed by atoms with Crippen LogP contribution in [0.5, 0.6) is 5.75 Å². The monoisotopic (exact) mass is 555 g/mol. The van der Waals surface area contributed by atoms with Crippen LogP contribution in [0, 0.1) is 0 Å². The Morgan fingerprint density at radius 3 is 2.55 bits per heavy atom. The highest BCUT2D eigenvalue weighted by molar-refractivity contribution is 7.91. The summed E-state index contributed by atoms with van der Waals surface area (Å²) in [6.45, 7) is 5.45. The van der Waals surface area contributed by atoms with E-state index in [2.05, 4.69) is 30.1 Å². The van der Waals surface area contributed by atoms with E-state index in [1.807, 2.05) is 26.0 Å². The summed E-state index contributed by atoms with van der Waals surface area (Å²) in [6, 6.07) is 6.86. The molecule has 0 spiro atoms. The van der Waals surface area contributed by atoms with Gasteiger partial charge in [-0.3, -0.25) is 9.55 Å². The van der Waals surface area contributed by atoms with Crippen LogP contribution in [0.25, 0.3) is 11.5 Å². The Morgan fingerprint density at radius 1 is 1.08 bits per heavy atom. The number of hydrogen-bond donors (Lipinski definition) is 0. The largest absolute Gasteiger partial charge is 0.489 e. The van der Waals surface area contributed by atoms with Gasteiger partial charge in [-0.25, -0.2) is 23.4 Å². The molecule has 11 nitrogen and oxygen atoms in total. The second-order valence-electron chi connectivity index (χ2n) is 9.15. The van der Waals surface area contributed by atoms with Gasteiger partial charge in [0.15, 0.2) is 21.5 Å². The number of hydrogen-bond acceptors (Lipinski definition) is 10. The van der Waals surface area contributed by atoms with Crippen LogP contribution in [0.4, 0.5) is 0 Å². The molecule has 38 heavy (non-hydrogen) atoms. The van der Waals surface area contributed by atoms with Crippen molar-refractivity contribution in [1.29, 1.82) is 0 Å². The molecule has 3 atom stereocenters. The second kappa shape index (κ2) is 10.7. The van der Waals surface area contributed by atoms with Gasteiger partial charge in [0.2, 0.25) is 0 Å². The number of nitrogens with zero attached hydrogens (tertiary/aromatic N) is 7. The molecular weight excluding hydrogens is 530 g/mol. The van der Waals surface area contributed by atoms with Crippen LogP contribution < -0.4 is 4.74 Å². The standard InChI is InChI=1S/C25H26ClN7O4S/c1-15(2)37-23(24-29-11-18(26)12-30-24)16(3)38(34,35)14-21-31-32-25-22-20(7-5-9-28-22)36-13-19(33(21)25)17-6-4-8-27-10-17/h4-12,15-16,19,23H,13-14H2,1-3H3/t16-,19+,23+/m0/s1. The van der Waals surface area contributed by atoms with Gasteiger partial charge in [-0.05, 0) is 44.5 Å². The fraction of sp³-hybridized carbons (Fsp3) is 0.360. The van der Waals surface area contributed by atoms with Crippen LogP contribution in [0.1, 0.15) is 50.1 Å². The number of ether oxygens (including phenoxy) is 2. The van der Waals surface area contributed by atoms with Crippen molar-refractivity contribution in [3.05, 3.63) is 77.5 Å². The Balaban J connectivity index is 1.55. The van der Waals surface area contributed by atoms with Crippen molar-refractivity contribution < 1.29 is 17.9 Å². The molecular formula is C25H26ClN7O4S. The van der Waals surface area contributed by atoms with Crippen LogP contribution in [-0.4, -0.2) is 61.1 Å². The minimum Gasteiger partial charge on any atom is -0.489 e. The van der Waals surface area contributed by atoms with Gasteiger partial charge in [-0.15, -0.1) is 10.2 Å². The first-order valence-corrected chi connectivity index (χ1v) is 14.1. The van der Waals surface area contributed by atoms with E-state index in [1.54, 1.807) is 42.2 Å². The zero-order valence-corrected chi connectivity index (χ0v) is 22.5. The minimum atomic E-state index is -3.85. The van der Waals surface area contributed by atoms with Crippen LogP contribution in [0.3, 0.4) is 0 Å². The van der Waals surface area contributed by atoms with Crippen molar-refractivity contribution in [2.24, 2.45) is 0 Å². The molecule has 0 amide bonds. The highest BCUT2D eigenvalue weighted by Crippen LogP contribution is 2.36. The van der Waals surface area contributed by atoms with Gasteiger partial charge in [0.05, 0.1) is 22.4 Å². The molecule has 0 N–H and O–H groups in total. The molecule has 198 valence electrons.